The molecule has 34 heavy (non-hydrogen) atoms. The first-order valence-corrected chi connectivity index (χ1v) is 12.0. The molecule has 2 aromatic carbocycles. The Morgan fingerprint density at radius 3 is 2.65 bits per heavy atom. The lowest BCUT2D eigenvalue weighted by Gasteiger charge is -2.25. The van der Waals surface area contributed by atoms with Crippen LogP contribution >= 0.6 is 0 Å². The first-order valence-electron chi connectivity index (χ1n) is 10.5. The smallest absolute Gasteiger partial charge is 0.334 e. The molecule has 1 aliphatic heterocycles. The fourth-order valence-corrected chi connectivity index (χ4v) is 4.78. The van der Waals surface area contributed by atoms with E-state index in [4.69, 9.17) is 0 Å². The molecule has 0 radical (unpaired) electrons. The lowest BCUT2D eigenvalue weighted by molar-refractivity contribution is -0.0448. The molecule has 6 nitrogen and oxygen atoms in total. The number of halogens is 4. The number of aromatic nitrogens is 1. The number of carbonyl (C=O) groups excluding carboxylic acids is 1. The summed E-state index contributed by atoms with van der Waals surface area (Å²) >= 11 is 0. The molecule has 4 rings (SSSR count). The predicted octanol–water partition coefficient (Wildman–Crippen LogP) is 4.39. The van der Waals surface area contributed by atoms with Gasteiger partial charge >= 0.3 is 15.5 Å². The number of hydrogen-bond acceptors (Lipinski definition) is 4. The highest BCUT2D eigenvalue weighted by atomic mass is 32.2. The zero-order valence-corrected chi connectivity index (χ0v) is 18.9. The van der Waals surface area contributed by atoms with Gasteiger partial charge in [-0.3, -0.25) is 9.78 Å². The van der Waals surface area contributed by atoms with Gasteiger partial charge in [0.25, 0.3) is 5.91 Å². The first kappa shape index (κ1) is 24.1. The average molecular weight is 495 g/mol. The van der Waals surface area contributed by atoms with Crippen molar-refractivity contribution < 1.29 is 30.8 Å². The topological polar surface area (TPSA) is 79.4 Å². The maximum Gasteiger partial charge on any atom is 0.511 e. The molecule has 1 saturated heterocycles. The Morgan fingerprint density at radius 1 is 1.18 bits per heavy atom. The van der Waals surface area contributed by atoms with E-state index in [9.17, 15) is 30.8 Å². The van der Waals surface area contributed by atoms with Crippen molar-refractivity contribution in [1.29, 1.82) is 0 Å². The van der Waals surface area contributed by atoms with Crippen LogP contribution in [0.5, 0.6) is 0 Å². The van der Waals surface area contributed by atoms with Gasteiger partial charge < -0.3 is 4.90 Å². The molecule has 0 bridgehead atoms. The number of aryl methyl sites for hydroxylation is 1. The van der Waals surface area contributed by atoms with Crippen molar-refractivity contribution in [2.24, 2.45) is 0 Å². The maximum absolute atomic E-state index is 13.5. The molecule has 0 aliphatic carbocycles. The van der Waals surface area contributed by atoms with Crippen LogP contribution < -0.4 is 4.72 Å². The third-order valence-electron chi connectivity index (χ3n) is 5.92. The summed E-state index contributed by atoms with van der Waals surface area (Å²) in [5.41, 5.74) is -2.32. The molecule has 0 spiro atoms. The van der Waals surface area contributed by atoms with Crippen molar-refractivity contribution in [3.05, 3.63) is 65.6 Å². The lowest BCUT2D eigenvalue weighted by atomic mass is 9.97. The molecule has 1 N–H and O–H groups in total. The van der Waals surface area contributed by atoms with Crippen LogP contribution in [0.3, 0.4) is 0 Å². The van der Waals surface area contributed by atoms with Crippen LogP contribution in [0.2, 0.25) is 0 Å². The molecule has 11 heteroatoms. The number of rotatable bonds is 5. The summed E-state index contributed by atoms with van der Waals surface area (Å²) in [6, 6.07) is 10.5. The minimum absolute atomic E-state index is 0.290. The van der Waals surface area contributed by atoms with Crippen molar-refractivity contribution in [3.8, 4) is 11.1 Å². The SMILES string of the molecule is Cc1cc(F)ccc1-c1ccc2nccc(C(=O)N3CCCC3CNS(=O)(=O)C(F)(F)F)c2c1. The van der Waals surface area contributed by atoms with Gasteiger partial charge in [-0.05, 0) is 66.8 Å². The van der Waals surface area contributed by atoms with Gasteiger partial charge in [0.1, 0.15) is 5.82 Å². The molecule has 1 aliphatic rings. The van der Waals surface area contributed by atoms with Crippen LogP contribution in [0.15, 0.2) is 48.7 Å². The van der Waals surface area contributed by atoms with Crippen molar-refractivity contribution in [3.63, 3.8) is 0 Å². The third-order valence-corrected chi connectivity index (χ3v) is 7.08. The second-order valence-corrected chi connectivity index (χ2v) is 9.90. The van der Waals surface area contributed by atoms with Gasteiger partial charge in [0, 0.05) is 30.7 Å². The Hall–Kier alpha value is -3.05. The molecule has 0 saturated carbocycles. The van der Waals surface area contributed by atoms with E-state index in [1.54, 1.807) is 29.8 Å². The molecule has 2 heterocycles. The molecule has 180 valence electrons. The number of nitrogens with zero attached hydrogens (tertiary/aromatic N) is 2. The minimum atomic E-state index is -5.50. The van der Waals surface area contributed by atoms with Crippen molar-refractivity contribution in [2.45, 2.75) is 31.3 Å². The van der Waals surface area contributed by atoms with Crippen LogP contribution in [0.25, 0.3) is 22.0 Å². The summed E-state index contributed by atoms with van der Waals surface area (Å²) in [4.78, 5) is 19.1. The third kappa shape index (κ3) is 4.62. The van der Waals surface area contributed by atoms with E-state index in [1.807, 2.05) is 6.07 Å². The minimum Gasteiger partial charge on any atom is -0.334 e. The Balaban J connectivity index is 1.65. The number of pyridine rings is 1. The molecular weight excluding hydrogens is 474 g/mol. The summed E-state index contributed by atoms with van der Waals surface area (Å²) < 4.78 is 75.9. The van der Waals surface area contributed by atoms with E-state index in [-0.39, 0.29) is 12.4 Å². The van der Waals surface area contributed by atoms with Crippen LogP contribution in [0, 0.1) is 12.7 Å². The number of alkyl halides is 3. The number of nitrogens with one attached hydrogen (secondary N) is 1. The van der Waals surface area contributed by atoms with Crippen LogP contribution in [-0.4, -0.2) is 48.8 Å². The van der Waals surface area contributed by atoms with Crippen molar-refractivity contribution in [1.82, 2.24) is 14.6 Å². The van der Waals surface area contributed by atoms with Crippen molar-refractivity contribution >= 4 is 26.8 Å². The largest absolute Gasteiger partial charge is 0.511 e. The van der Waals surface area contributed by atoms with E-state index in [0.29, 0.717) is 34.9 Å². The number of fused-ring (bicyclic) bond motifs is 1. The summed E-state index contributed by atoms with van der Waals surface area (Å²) in [5.74, 6) is -0.783. The van der Waals surface area contributed by atoms with E-state index < -0.39 is 34.0 Å². The molecule has 1 fully saturated rings. The number of likely N-dealkylation sites (tertiary alicyclic amines) is 1. The van der Waals surface area contributed by atoms with Gasteiger partial charge in [-0.25, -0.2) is 17.5 Å². The normalized spacial score (nSPS) is 16.9. The highest BCUT2D eigenvalue weighted by molar-refractivity contribution is 7.90. The van der Waals surface area contributed by atoms with Crippen LogP contribution in [0.1, 0.15) is 28.8 Å². The highest BCUT2D eigenvalue weighted by Gasteiger charge is 2.46. The lowest BCUT2D eigenvalue weighted by Crippen LogP contribution is -2.46. The predicted molar refractivity (Wildman–Crippen MR) is 119 cm³/mol. The second-order valence-electron chi connectivity index (χ2n) is 8.14. The van der Waals surface area contributed by atoms with Crippen molar-refractivity contribution in [2.75, 3.05) is 13.1 Å². The van der Waals surface area contributed by atoms with Gasteiger partial charge in [0.05, 0.1) is 11.1 Å². The van der Waals surface area contributed by atoms with Crippen LogP contribution in [0.4, 0.5) is 17.6 Å². The molecular formula is C23H21F4N3O3S. The standard InChI is InChI=1S/C23H21F4N3O3S/c1-14-11-16(24)5-6-18(14)15-4-7-21-20(12-15)19(8-9-28-21)22(31)30-10-2-3-17(30)13-29-34(32,33)23(25,26)27/h4-9,11-12,17,29H,2-3,10,13H2,1H3. The summed E-state index contributed by atoms with van der Waals surface area (Å²) in [6.45, 7) is 1.53. The van der Waals surface area contributed by atoms with Gasteiger partial charge in [0.2, 0.25) is 0 Å². The van der Waals surface area contributed by atoms with E-state index in [1.165, 1.54) is 29.3 Å². The quantitative estimate of drug-likeness (QED) is 0.533. The maximum atomic E-state index is 13.5. The summed E-state index contributed by atoms with van der Waals surface area (Å²) in [5, 5.41) is 0.537. The number of sulfonamides is 1. The summed E-state index contributed by atoms with van der Waals surface area (Å²) in [7, 11) is -5.50. The van der Waals surface area contributed by atoms with Gasteiger partial charge in [-0.2, -0.15) is 13.2 Å². The van der Waals surface area contributed by atoms with Gasteiger partial charge in [-0.1, -0.05) is 12.1 Å². The Kier molecular flexibility index (Phi) is 6.34. The van der Waals surface area contributed by atoms with Crippen LogP contribution in [-0.2, 0) is 10.0 Å². The number of benzene rings is 2. The molecule has 1 aromatic heterocycles. The van der Waals surface area contributed by atoms with Gasteiger partial charge in [0.15, 0.2) is 0 Å². The first-order chi connectivity index (χ1) is 16.0. The van der Waals surface area contributed by atoms with E-state index in [2.05, 4.69) is 4.98 Å². The number of carbonyl (C=O) groups is 1. The monoisotopic (exact) mass is 495 g/mol. The number of hydrogen-bond donors (Lipinski definition) is 1. The molecule has 1 unspecified atom stereocenters. The molecule has 1 atom stereocenters. The average Bonchev–Trinajstić information content (AvgIpc) is 3.24. The Morgan fingerprint density at radius 2 is 1.94 bits per heavy atom. The van der Waals surface area contributed by atoms with E-state index in [0.717, 1.165) is 11.1 Å². The van der Waals surface area contributed by atoms with Gasteiger partial charge in [-0.15, -0.1) is 0 Å². The fraction of sp³-hybridized carbons (Fsp3) is 0.304. The fourth-order valence-electron chi connectivity index (χ4n) is 4.21. The molecule has 1 amide bonds. The zero-order chi connectivity index (χ0) is 24.7. The zero-order valence-electron chi connectivity index (χ0n) is 18.1. The number of amides is 1. The summed E-state index contributed by atoms with van der Waals surface area (Å²) in [6.07, 6.45) is 2.37. The molecule has 3 aromatic rings. The second kappa shape index (κ2) is 8.95. The Labute approximate surface area is 193 Å². The van der Waals surface area contributed by atoms with E-state index >= 15 is 0 Å². The Bertz CT molecular complexity index is 1360. The highest BCUT2D eigenvalue weighted by Crippen LogP contribution is 2.30.